The van der Waals surface area contributed by atoms with Crippen molar-refractivity contribution >= 4 is 27.8 Å². The van der Waals surface area contributed by atoms with E-state index in [0.29, 0.717) is 28.9 Å². The van der Waals surface area contributed by atoms with Crippen molar-refractivity contribution in [2.45, 2.75) is 0 Å². The maximum atomic E-state index is 13.6. The second-order valence-corrected chi connectivity index (χ2v) is 4.49. The van der Waals surface area contributed by atoms with Gasteiger partial charge in [-0.15, -0.1) is 0 Å². The van der Waals surface area contributed by atoms with E-state index in [1.54, 1.807) is 30.6 Å². The fraction of sp³-hybridized carbons (Fsp3) is 0. The molecule has 0 atom stereocenters. The number of benzene rings is 2. The number of fused-ring (bicyclic) bond motifs is 1. The molecule has 3 rings (SSSR count). The number of hydrogen-bond donors (Lipinski definition) is 2. The van der Waals surface area contributed by atoms with Gasteiger partial charge in [-0.1, -0.05) is 6.07 Å². The molecule has 0 amide bonds. The highest BCUT2D eigenvalue weighted by Gasteiger charge is 2.13. The van der Waals surface area contributed by atoms with Gasteiger partial charge >= 0.3 is 0 Å². The average molecular weight is 289 g/mol. The van der Waals surface area contributed by atoms with E-state index in [4.69, 9.17) is 5.73 Å². The maximum Gasteiger partial charge on any atom is 0.152 e. The predicted octanol–water partition coefficient (Wildman–Crippen LogP) is 3.98. The van der Waals surface area contributed by atoms with Crippen LogP contribution in [0.4, 0.5) is 30.2 Å². The Balaban J connectivity index is 2.09. The summed E-state index contributed by atoms with van der Waals surface area (Å²) in [5.41, 5.74) is 6.20. The smallest absolute Gasteiger partial charge is 0.152 e. The van der Waals surface area contributed by atoms with Crippen LogP contribution in [-0.4, -0.2) is 4.98 Å². The molecule has 0 aliphatic heterocycles. The summed E-state index contributed by atoms with van der Waals surface area (Å²) < 4.78 is 40.2. The quantitative estimate of drug-likeness (QED) is 0.702. The van der Waals surface area contributed by atoms with Gasteiger partial charge in [0.1, 0.15) is 11.5 Å². The lowest BCUT2D eigenvalue weighted by molar-refractivity contribution is 0.549. The number of aromatic nitrogens is 1. The zero-order valence-corrected chi connectivity index (χ0v) is 10.7. The third-order valence-corrected chi connectivity index (χ3v) is 3.13. The zero-order chi connectivity index (χ0) is 15.0. The van der Waals surface area contributed by atoms with Gasteiger partial charge in [0.2, 0.25) is 0 Å². The molecule has 6 heteroatoms. The molecule has 0 fully saturated rings. The van der Waals surface area contributed by atoms with Crippen molar-refractivity contribution < 1.29 is 13.2 Å². The molecule has 0 saturated carbocycles. The minimum absolute atomic E-state index is 0.332. The lowest BCUT2D eigenvalue weighted by Crippen LogP contribution is -2.02. The SMILES string of the molecule is Nc1c(Nc2c(F)cc(F)cc2F)ccc2cnccc12. The molecule has 1 heterocycles. The number of nitrogens with one attached hydrogen (secondary N) is 1. The number of nitrogens with zero attached hydrogens (tertiary/aromatic N) is 1. The minimum atomic E-state index is -1.03. The molecule has 0 aliphatic carbocycles. The summed E-state index contributed by atoms with van der Waals surface area (Å²) >= 11 is 0. The van der Waals surface area contributed by atoms with Crippen LogP contribution in [0.5, 0.6) is 0 Å². The lowest BCUT2D eigenvalue weighted by atomic mass is 10.1. The molecule has 3 nitrogen and oxygen atoms in total. The van der Waals surface area contributed by atoms with E-state index in [9.17, 15) is 13.2 Å². The van der Waals surface area contributed by atoms with E-state index in [1.807, 2.05) is 0 Å². The molecule has 0 spiro atoms. The van der Waals surface area contributed by atoms with Gasteiger partial charge in [-0.25, -0.2) is 13.2 Å². The Morgan fingerprint density at radius 1 is 1.00 bits per heavy atom. The number of nitrogens with two attached hydrogens (primary N) is 1. The minimum Gasteiger partial charge on any atom is -0.397 e. The second kappa shape index (κ2) is 4.97. The topological polar surface area (TPSA) is 50.9 Å². The van der Waals surface area contributed by atoms with Crippen molar-refractivity contribution in [3.05, 3.63) is 60.2 Å². The zero-order valence-electron chi connectivity index (χ0n) is 10.7. The molecule has 0 saturated heterocycles. The van der Waals surface area contributed by atoms with Crippen LogP contribution < -0.4 is 11.1 Å². The molecule has 0 aliphatic rings. The van der Waals surface area contributed by atoms with Crippen LogP contribution in [0, 0.1) is 17.5 Å². The Morgan fingerprint density at radius 3 is 2.43 bits per heavy atom. The Labute approximate surface area is 118 Å². The summed E-state index contributed by atoms with van der Waals surface area (Å²) in [6.07, 6.45) is 3.20. The van der Waals surface area contributed by atoms with Crippen LogP contribution in [0.25, 0.3) is 10.8 Å². The summed E-state index contributed by atoms with van der Waals surface area (Å²) in [5.74, 6) is -3.03. The van der Waals surface area contributed by atoms with Crippen molar-refractivity contribution in [1.82, 2.24) is 4.98 Å². The van der Waals surface area contributed by atoms with E-state index in [2.05, 4.69) is 10.3 Å². The number of pyridine rings is 1. The van der Waals surface area contributed by atoms with E-state index >= 15 is 0 Å². The van der Waals surface area contributed by atoms with Crippen LogP contribution in [0.3, 0.4) is 0 Å². The molecule has 2 aromatic carbocycles. The maximum absolute atomic E-state index is 13.6. The van der Waals surface area contributed by atoms with Crippen LogP contribution >= 0.6 is 0 Å². The molecule has 21 heavy (non-hydrogen) atoms. The van der Waals surface area contributed by atoms with Gasteiger partial charge in [0.15, 0.2) is 11.6 Å². The summed E-state index contributed by atoms with van der Waals surface area (Å²) in [4.78, 5) is 3.97. The van der Waals surface area contributed by atoms with Gasteiger partial charge in [0.25, 0.3) is 0 Å². The first-order chi connectivity index (χ1) is 10.1. The van der Waals surface area contributed by atoms with Gasteiger partial charge < -0.3 is 11.1 Å². The monoisotopic (exact) mass is 289 g/mol. The second-order valence-electron chi connectivity index (χ2n) is 4.49. The summed E-state index contributed by atoms with van der Waals surface area (Å²) in [7, 11) is 0. The Morgan fingerprint density at radius 2 is 1.71 bits per heavy atom. The third kappa shape index (κ3) is 2.35. The molecule has 106 valence electrons. The van der Waals surface area contributed by atoms with Gasteiger partial charge in [0, 0.05) is 35.3 Å². The summed E-state index contributed by atoms with van der Waals surface area (Å²) in [6, 6.07) is 6.22. The standard InChI is InChI=1S/C15H10F3N3/c16-9-5-11(17)15(12(18)6-9)21-13-2-1-8-7-20-4-3-10(8)14(13)19/h1-7,21H,19H2. The molecule has 0 bridgehead atoms. The molecular weight excluding hydrogens is 279 g/mol. The van der Waals surface area contributed by atoms with Gasteiger partial charge in [-0.2, -0.15) is 0 Å². The molecule has 0 unspecified atom stereocenters. The third-order valence-electron chi connectivity index (χ3n) is 3.13. The van der Waals surface area contributed by atoms with Crippen molar-refractivity contribution in [1.29, 1.82) is 0 Å². The first-order valence-electron chi connectivity index (χ1n) is 6.10. The highest BCUT2D eigenvalue weighted by atomic mass is 19.1. The summed E-state index contributed by atoms with van der Waals surface area (Å²) in [6.45, 7) is 0. The van der Waals surface area contributed by atoms with Gasteiger partial charge in [-0.3, -0.25) is 4.98 Å². The molecule has 1 aromatic heterocycles. The van der Waals surface area contributed by atoms with Crippen molar-refractivity contribution in [3.8, 4) is 0 Å². The Kier molecular flexibility index (Phi) is 3.13. The largest absolute Gasteiger partial charge is 0.397 e. The number of rotatable bonds is 2. The first kappa shape index (κ1) is 13.2. The number of hydrogen-bond acceptors (Lipinski definition) is 3. The number of halogens is 3. The fourth-order valence-electron chi connectivity index (χ4n) is 2.10. The average Bonchev–Trinajstić information content (AvgIpc) is 2.45. The highest BCUT2D eigenvalue weighted by Crippen LogP contribution is 2.32. The van der Waals surface area contributed by atoms with Crippen LogP contribution in [-0.2, 0) is 0 Å². The van der Waals surface area contributed by atoms with Gasteiger partial charge in [0.05, 0.1) is 11.4 Å². The van der Waals surface area contributed by atoms with Crippen LogP contribution in [0.15, 0.2) is 42.7 Å². The van der Waals surface area contributed by atoms with E-state index in [0.717, 1.165) is 5.39 Å². The Bertz CT molecular complexity index is 811. The van der Waals surface area contributed by atoms with E-state index in [-0.39, 0.29) is 0 Å². The molecule has 3 aromatic rings. The normalized spacial score (nSPS) is 10.8. The first-order valence-corrected chi connectivity index (χ1v) is 6.10. The predicted molar refractivity (Wildman–Crippen MR) is 75.8 cm³/mol. The van der Waals surface area contributed by atoms with Crippen LogP contribution in [0.1, 0.15) is 0 Å². The van der Waals surface area contributed by atoms with Crippen molar-refractivity contribution in [2.75, 3.05) is 11.1 Å². The molecular formula is C15H10F3N3. The number of anilines is 3. The van der Waals surface area contributed by atoms with Crippen molar-refractivity contribution in [2.24, 2.45) is 0 Å². The van der Waals surface area contributed by atoms with E-state index in [1.165, 1.54) is 0 Å². The molecule has 3 N–H and O–H groups in total. The van der Waals surface area contributed by atoms with Crippen molar-refractivity contribution in [3.63, 3.8) is 0 Å². The van der Waals surface area contributed by atoms with E-state index < -0.39 is 23.1 Å². The van der Waals surface area contributed by atoms with Crippen LogP contribution in [0.2, 0.25) is 0 Å². The van der Waals surface area contributed by atoms with Gasteiger partial charge in [-0.05, 0) is 12.1 Å². The number of nitrogen functional groups attached to an aromatic ring is 1. The summed E-state index contributed by atoms with van der Waals surface area (Å²) in [5, 5.41) is 4.08. The Hall–Kier alpha value is -2.76. The highest BCUT2D eigenvalue weighted by molar-refractivity contribution is 5.99. The lowest BCUT2D eigenvalue weighted by Gasteiger charge is -2.13. The molecule has 0 radical (unpaired) electrons. The fourth-order valence-corrected chi connectivity index (χ4v) is 2.10.